The van der Waals surface area contributed by atoms with Crippen molar-refractivity contribution in [2.75, 3.05) is 0 Å². The van der Waals surface area contributed by atoms with Crippen LogP contribution in [0, 0.1) is 0 Å². The third kappa shape index (κ3) is 3.38. The van der Waals surface area contributed by atoms with E-state index in [-0.39, 0.29) is 6.42 Å². The van der Waals surface area contributed by atoms with Crippen LogP contribution in [0.4, 0.5) is 0 Å². The number of benzene rings is 1. The predicted molar refractivity (Wildman–Crippen MR) is 56.7 cm³/mol. The van der Waals surface area contributed by atoms with Crippen molar-refractivity contribution in [2.24, 2.45) is 0 Å². The fourth-order valence-electron chi connectivity index (χ4n) is 0.993. The number of hydrogen-bond acceptors (Lipinski definition) is 3. The zero-order valence-electron chi connectivity index (χ0n) is 7.47. The molecule has 0 saturated carbocycles. The SMILES string of the molecule is O=C(O)C(Cc1ccc(Cl)cc1)=S(=O)=O. The van der Waals surface area contributed by atoms with E-state index >= 15 is 0 Å². The van der Waals surface area contributed by atoms with Gasteiger partial charge in [-0.3, -0.25) is 0 Å². The van der Waals surface area contributed by atoms with E-state index in [0.717, 1.165) is 0 Å². The molecule has 1 N–H and O–H groups in total. The third-order valence-corrected chi connectivity index (χ3v) is 2.69. The topological polar surface area (TPSA) is 71.4 Å². The summed E-state index contributed by atoms with van der Waals surface area (Å²) in [6.07, 6.45) is -0.136. The quantitative estimate of drug-likeness (QED) is 0.809. The van der Waals surface area contributed by atoms with Gasteiger partial charge in [-0.1, -0.05) is 23.7 Å². The van der Waals surface area contributed by atoms with Crippen LogP contribution in [0.5, 0.6) is 0 Å². The first-order chi connectivity index (χ1) is 7.00. The van der Waals surface area contributed by atoms with Crippen molar-refractivity contribution in [3.8, 4) is 0 Å². The second-order valence-corrected chi connectivity index (χ2v) is 4.16. The van der Waals surface area contributed by atoms with Crippen molar-refractivity contribution in [3.63, 3.8) is 0 Å². The average Bonchev–Trinajstić information content (AvgIpc) is 2.15. The lowest BCUT2D eigenvalue weighted by molar-refractivity contribution is -0.129. The molecule has 4 nitrogen and oxygen atoms in total. The normalized spacial score (nSPS) is 9.67. The van der Waals surface area contributed by atoms with Crippen LogP contribution in [0.1, 0.15) is 5.56 Å². The molecule has 0 aliphatic carbocycles. The Morgan fingerprint density at radius 2 is 1.80 bits per heavy atom. The Morgan fingerprint density at radius 1 is 1.27 bits per heavy atom. The van der Waals surface area contributed by atoms with Crippen LogP contribution in [0.2, 0.25) is 5.02 Å². The van der Waals surface area contributed by atoms with E-state index in [1.807, 2.05) is 0 Å². The number of halogens is 1. The maximum absolute atomic E-state index is 10.6. The lowest BCUT2D eigenvalue weighted by Gasteiger charge is -1.98. The largest absolute Gasteiger partial charge is 0.477 e. The number of carboxylic acids is 1. The summed E-state index contributed by atoms with van der Waals surface area (Å²) in [5.74, 6) is -1.43. The van der Waals surface area contributed by atoms with Crippen molar-refractivity contribution in [3.05, 3.63) is 34.9 Å². The van der Waals surface area contributed by atoms with E-state index in [4.69, 9.17) is 16.7 Å². The van der Waals surface area contributed by atoms with Gasteiger partial charge in [0, 0.05) is 11.4 Å². The first kappa shape index (κ1) is 11.7. The smallest absolute Gasteiger partial charge is 0.347 e. The molecule has 0 bridgehead atoms. The molecule has 0 aliphatic rings. The lowest BCUT2D eigenvalue weighted by Crippen LogP contribution is -2.16. The molecule has 0 heterocycles. The van der Waals surface area contributed by atoms with Gasteiger partial charge < -0.3 is 5.11 Å². The van der Waals surface area contributed by atoms with Crippen LogP contribution in [-0.4, -0.2) is 24.4 Å². The summed E-state index contributed by atoms with van der Waals surface area (Å²) in [6.45, 7) is 0. The molecule has 0 unspecified atom stereocenters. The van der Waals surface area contributed by atoms with Gasteiger partial charge >= 0.3 is 5.97 Å². The molecule has 0 radical (unpaired) electrons. The zero-order valence-corrected chi connectivity index (χ0v) is 9.05. The molecule has 0 fully saturated rings. The van der Waals surface area contributed by atoms with E-state index in [1.54, 1.807) is 24.3 Å². The van der Waals surface area contributed by atoms with E-state index in [0.29, 0.717) is 10.6 Å². The highest BCUT2D eigenvalue weighted by Crippen LogP contribution is 2.10. The van der Waals surface area contributed by atoms with E-state index in [1.165, 1.54) is 0 Å². The van der Waals surface area contributed by atoms with Crippen LogP contribution < -0.4 is 0 Å². The van der Waals surface area contributed by atoms with Gasteiger partial charge in [0.05, 0.1) is 0 Å². The fourth-order valence-corrected chi connectivity index (χ4v) is 1.55. The van der Waals surface area contributed by atoms with Crippen LogP contribution in [0.3, 0.4) is 0 Å². The standard InChI is InChI=1S/C9H7ClO4S/c10-7-3-1-6(2-4-7)5-8(9(11)12)15(13)14/h1-4H,5H2,(H,11,12). The summed E-state index contributed by atoms with van der Waals surface area (Å²) in [6, 6.07) is 6.31. The predicted octanol–water partition coefficient (Wildman–Crippen LogP) is 1.02. The molecule has 1 rings (SSSR count). The molecule has 0 atom stereocenters. The molecular weight excluding hydrogens is 240 g/mol. The maximum atomic E-state index is 10.6. The van der Waals surface area contributed by atoms with Crippen LogP contribution in [0.15, 0.2) is 24.3 Å². The zero-order chi connectivity index (χ0) is 11.4. The molecule has 6 heteroatoms. The van der Waals surface area contributed by atoms with Crippen molar-refractivity contribution in [1.29, 1.82) is 0 Å². The Kier molecular flexibility index (Phi) is 3.88. The second kappa shape index (κ2) is 4.95. The first-order valence-electron chi connectivity index (χ1n) is 3.93. The van der Waals surface area contributed by atoms with Gasteiger partial charge in [-0.05, 0) is 17.7 Å². The van der Waals surface area contributed by atoms with Crippen LogP contribution >= 0.6 is 11.6 Å². The molecule has 0 aliphatic heterocycles. The second-order valence-electron chi connectivity index (χ2n) is 2.77. The van der Waals surface area contributed by atoms with Gasteiger partial charge in [0.25, 0.3) is 0 Å². The molecule has 0 saturated heterocycles. The fraction of sp³-hybridized carbons (Fsp3) is 0.111. The van der Waals surface area contributed by atoms with Gasteiger partial charge in [0.15, 0.2) is 4.86 Å². The molecule has 0 amide bonds. The molecule has 1 aromatic carbocycles. The minimum Gasteiger partial charge on any atom is -0.477 e. The number of rotatable bonds is 3. The van der Waals surface area contributed by atoms with Crippen molar-refractivity contribution >= 4 is 32.7 Å². The van der Waals surface area contributed by atoms with Crippen LogP contribution in [-0.2, 0) is 21.5 Å². The third-order valence-electron chi connectivity index (χ3n) is 1.72. The first-order valence-corrected chi connectivity index (χ1v) is 5.39. The van der Waals surface area contributed by atoms with E-state index in [2.05, 4.69) is 0 Å². The molecule has 15 heavy (non-hydrogen) atoms. The molecule has 1 aromatic rings. The summed E-state index contributed by atoms with van der Waals surface area (Å²) in [5.41, 5.74) is 0.584. The van der Waals surface area contributed by atoms with Gasteiger partial charge in [-0.25, -0.2) is 4.79 Å². The van der Waals surface area contributed by atoms with Crippen molar-refractivity contribution < 1.29 is 18.3 Å². The molecule has 0 aromatic heterocycles. The summed E-state index contributed by atoms with van der Waals surface area (Å²) in [5, 5.41) is 9.12. The van der Waals surface area contributed by atoms with Gasteiger partial charge in [-0.2, -0.15) is 8.42 Å². The van der Waals surface area contributed by atoms with E-state index in [9.17, 15) is 13.2 Å². The minimum atomic E-state index is -2.71. The number of carbonyl (C=O) groups is 1. The highest BCUT2D eigenvalue weighted by Gasteiger charge is 2.12. The molecule has 0 spiro atoms. The van der Waals surface area contributed by atoms with Gasteiger partial charge in [0.1, 0.15) is 0 Å². The highest BCUT2D eigenvalue weighted by atomic mass is 35.5. The Labute approximate surface area is 92.6 Å². The lowest BCUT2D eigenvalue weighted by atomic mass is 10.1. The summed E-state index contributed by atoms with van der Waals surface area (Å²) >= 11 is 5.63. The summed E-state index contributed by atoms with van der Waals surface area (Å²) in [7, 11) is -2.71. The maximum Gasteiger partial charge on any atom is 0.347 e. The number of carboxylic acid groups (broad SMARTS) is 1. The van der Waals surface area contributed by atoms with Crippen molar-refractivity contribution in [2.45, 2.75) is 6.42 Å². The Bertz CT molecular complexity index is 493. The highest BCUT2D eigenvalue weighted by molar-refractivity contribution is 7.74. The number of hydrogen-bond donors (Lipinski definition) is 1. The van der Waals surface area contributed by atoms with Gasteiger partial charge in [-0.15, -0.1) is 0 Å². The summed E-state index contributed by atoms with van der Waals surface area (Å²) in [4.78, 5) is 10.00. The molecular formula is C9H7ClO4S. The minimum absolute atomic E-state index is 0.136. The monoisotopic (exact) mass is 246 g/mol. The number of aliphatic carboxylic acids is 1. The average molecular weight is 247 g/mol. The molecule has 80 valence electrons. The summed E-state index contributed by atoms with van der Waals surface area (Å²) < 4.78 is 21.1. The Hall–Kier alpha value is -1.33. The van der Waals surface area contributed by atoms with E-state index < -0.39 is 21.1 Å². The van der Waals surface area contributed by atoms with Crippen molar-refractivity contribution in [1.82, 2.24) is 0 Å². The Morgan fingerprint density at radius 3 is 2.20 bits per heavy atom. The van der Waals surface area contributed by atoms with Gasteiger partial charge in [0.2, 0.25) is 10.3 Å². The Balaban J connectivity index is 3.00. The van der Waals surface area contributed by atoms with Crippen LogP contribution in [0.25, 0.3) is 0 Å².